The summed E-state index contributed by atoms with van der Waals surface area (Å²) < 4.78 is 9.20. The van der Waals surface area contributed by atoms with Gasteiger partial charge in [0.15, 0.2) is 0 Å². The van der Waals surface area contributed by atoms with Gasteiger partial charge < -0.3 is 35.6 Å². The number of amides is 1. The van der Waals surface area contributed by atoms with Gasteiger partial charge in [0.2, 0.25) is 0 Å². The SMILES string of the molecule is COC(=O)c1sc(C(=O)NCc2cccc3[nH]ccc23)cc1C.COC(=O)c1sc(C(=O)O)cc1C.NCc1cccc2[nH]ccc12. The maximum Gasteiger partial charge on any atom is 0.348 e. The summed E-state index contributed by atoms with van der Waals surface area (Å²) in [5, 5.41) is 13.9. The van der Waals surface area contributed by atoms with Gasteiger partial charge in [0, 0.05) is 47.3 Å². The summed E-state index contributed by atoms with van der Waals surface area (Å²) >= 11 is 2.07. The van der Waals surface area contributed by atoms with Crippen LogP contribution in [0.1, 0.15) is 60.9 Å². The second-order valence-electron chi connectivity index (χ2n) is 10.1. The minimum Gasteiger partial charge on any atom is -0.477 e. The van der Waals surface area contributed by atoms with Crippen LogP contribution < -0.4 is 11.1 Å². The Morgan fingerprint density at radius 1 is 0.766 bits per heavy atom. The first-order valence-corrected chi connectivity index (χ1v) is 15.9. The van der Waals surface area contributed by atoms with E-state index in [1.54, 1.807) is 19.9 Å². The molecule has 6 rings (SSSR count). The van der Waals surface area contributed by atoms with Crippen molar-refractivity contribution in [1.29, 1.82) is 0 Å². The fourth-order valence-corrected chi connectivity index (χ4v) is 6.60. The molecular formula is C34H34N4O7S2. The summed E-state index contributed by atoms with van der Waals surface area (Å²) in [4.78, 5) is 53.3. The number of aryl methyl sites for hydroxylation is 2. The van der Waals surface area contributed by atoms with E-state index in [4.69, 9.17) is 15.6 Å². The quantitative estimate of drug-likeness (QED) is 0.120. The van der Waals surface area contributed by atoms with Crippen molar-refractivity contribution in [3.05, 3.63) is 115 Å². The van der Waals surface area contributed by atoms with E-state index in [1.807, 2.05) is 42.7 Å². The molecule has 0 aliphatic rings. The number of carbonyl (C=O) groups excluding carboxylic acids is 3. The number of hydrogen-bond donors (Lipinski definition) is 5. The molecule has 0 saturated heterocycles. The molecule has 0 aliphatic carbocycles. The second-order valence-corrected chi connectivity index (χ2v) is 12.2. The molecule has 47 heavy (non-hydrogen) atoms. The highest BCUT2D eigenvalue weighted by Crippen LogP contribution is 2.24. The normalized spacial score (nSPS) is 10.4. The number of aromatic nitrogens is 2. The highest BCUT2D eigenvalue weighted by molar-refractivity contribution is 7.16. The average Bonchev–Trinajstić information content (AvgIpc) is 3.89. The molecule has 11 nitrogen and oxygen atoms in total. The number of aromatic carboxylic acids is 1. The molecule has 0 spiro atoms. The van der Waals surface area contributed by atoms with Crippen LogP contribution >= 0.6 is 22.7 Å². The first-order valence-electron chi connectivity index (χ1n) is 14.3. The van der Waals surface area contributed by atoms with Gasteiger partial charge in [0.05, 0.1) is 19.1 Å². The molecule has 0 aliphatic heterocycles. The molecule has 244 valence electrons. The third kappa shape index (κ3) is 8.33. The van der Waals surface area contributed by atoms with E-state index in [2.05, 4.69) is 38.2 Å². The minimum absolute atomic E-state index is 0.151. The Labute approximate surface area is 278 Å². The molecule has 1 amide bonds. The van der Waals surface area contributed by atoms with Crippen molar-refractivity contribution in [3.8, 4) is 0 Å². The van der Waals surface area contributed by atoms with Crippen LogP contribution in [0.5, 0.6) is 0 Å². The Morgan fingerprint density at radius 3 is 1.74 bits per heavy atom. The lowest BCUT2D eigenvalue weighted by atomic mass is 10.1. The average molecular weight is 675 g/mol. The number of rotatable bonds is 7. The van der Waals surface area contributed by atoms with E-state index in [0.717, 1.165) is 50.2 Å². The molecule has 4 heterocycles. The number of carbonyl (C=O) groups is 4. The highest BCUT2D eigenvalue weighted by Gasteiger charge is 2.18. The minimum atomic E-state index is -1.02. The number of carboxylic acids is 1. The number of aromatic amines is 2. The molecular weight excluding hydrogens is 641 g/mol. The van der Waals surface area contributed by atoms with Crippen molar-refractivity contribution in [1.82, 2.24) is 15.3 Å². The molecule has 0 unspecified atom stereocenters. The van der Waals surface area contributed by atoms with Crippen molar-refractivity contribution in [2.24, 2.45) is 5.73 Å². The van der Waals surface area contributed by atoms with Crippen molar-refractivity contribution in [2.45, 2.75) is 26.9 Å². The van der Waals surface area contributed by atoms with Gasteiger partial charge in [-0.25, -0.2) is 14.4 Å². The zero-order valence-corrected chi connectivity index (χ0v) is 27.8. The van der Waals surface area contributed by atoms with E-state index in [0.29, 0.717) is 33.3 Å². The number of hydrogen-bond acceptors (Lipinski definition) is 9. The van der Waals surface area contributed by atoms with Crippen LogP contribution in [0.2, 0.25) is 0 Å². The summed E-state index contributed by atoms with van der Waals surface area (Å²) in [6.45, 7) is 4.50. The summed E-state index contributed by atoms with van der Waals surface area (Å²) in [5.41, 5.74) is 11.4. The van der Waals surface area contributed by atoms with Crippen LogP contribution in [0.3, 0.4) is 0 Å². The van der Waals surface area contributed by atoms with Gasteiger partial charge in [-0.15, -0.1) is 22.7 Å². The summed E-state index contributed by atoms with van der Waals surface area (Å²) in [6, 6.07) is 19.2. The van der Waals surface area contributed by atoms with E-state index in [9.17, 15) is 19.2 Å². The number of nitrogens with two attached hydrogens (primary N) is 1. The lowest BCUT2D eigenvalue weighted by Gasteiger charge is -2.05. The van der Waals surface area contributed by atoms with Crippen LogP contribution in [0.4, 0.5) is 0 Å². The Balaban J connectivity index is 0.000000176. The monoisotopic (exact) mass is 674 g/mol. The molecule has 0 bridgehead atoms. The molecule has 13 heteroatoms. The first kappa shape index (κ1) is 34.6. The third-order valence-corrected chi connectivity index (χ3v) is 9.46. The fourth-order valence-electron chi connectivity index (χ4n) is 4.67. The van der Waals surface area contributed by atoms with Crippen molar-refractivity contribution >= 4 is 68.3 Å². The van der Waals surface area contributed by atoms with E-state index in [-0.39, 0.29) is 10.8 Å². The van der Waals surface area contributed by atoms with Crippen LogP contribution in [0.25, 0.3) is 21.8 Å². The largest absolute Gasteiger partial charge is 0.477 e. The molecule has 0 atom stereocenters. The van der Waals surface area contributed by atoms with E-state index in [1.165, 1.54) is 31.2 Å². The van der Waals surface area contributed by atoms with Gasteiger partial charge in [-0.05, 0) is 72.5 Å². The van der Waals surface area contributed by atoms with Gasteiger partial charge in [0.25, 0.3) is 5.91 Å². The number of methoxy groups -OCH3 is 2. The Bertz CT molecular complexity index is 2040. The van der Waals surface area contributed by atoms with Crippen LogP contribution in [0.15, 0.2) is 73.1 Å². The van der Waals surface area contributed by atoms with Gasteiger partial charge in [-0.1, -0.05) is 24.3 Å². The number of fused-ring (bicyclic) bond motifs is 2. The summed E-state index contributed by atoms with van der Waals surface area (Å²) in [7, 11) is 2.60. The lowest BCUT2D eigenvalue weighted by Crippen LogP contribution is -2.21. The van der Waals surface area contributed by atoms with Gasteiger partial charge in [-0.2, -0.15) is 0 Å². The molecule has 0 fully saturated rings. The number of esters is 2. The molecule has 0 saturated carbocycles. The number of carboxylic acid groups (broad SMARTS) is 1. The van der Waals surface area contributed by atoms with Crippen molar-refractivity contribution in [2.75, 3.05) is 14.2 Å². The number of thiophene rings is 2. The second kappa shape index (κ2) is 15.9. The maximum atomic E-state index is 12.3. The summed E-state index contributed by atoms with van der Waals surface area (Å²) in [5.74, 6) is -2.12. The summed E-state index contributed by atoms with van der Waals surface area (Å²) in [6.07, 6.45) is 3.81. The number of benzene rings is 2. The third-order valence-electron chi connectivity index (χ3n) is 7.04. The predicted octanol–water partition coefficient (Wildman–Crippen LogP) is 6.42. The predicted molar refractivity (Wildman–Crippen MR) is 183 cm³/mol. The Morgan fingerprint density at radius 2 is 1.26 bits per heavy atom. The number of ether oxygens (including phenoxy) is 2. The molecule has 0 radical (unpaired) electrons. The van der Waals surface area contributed by atoms with Gasteiger partial charge in [-0.3, -0.25) is 4.79 Å². The molecule has 4 aromatic heterocycles. The smallest absolute Gasteiger partial charge is 0.348 e. The highest BCUT2D eigenvalue weighted by atomic mass is 32.1. The Hall–Kier alpha value is -5.24. The van der Waals surface area contributed by atoms with Crippen LogP contribution in [-0.4, -0.2) is 53.1 Å². The molecule has 6 aromatic rings. The van der Waals surface area contributed by atoms with Crippen LogP contribution in [-0.2, 0) is 22.6 Å². The topological polar surface area (TPSA) is 177 Å². The van der Waals surface area contributed by atoms with Crippen molar-refractivity contribution < 1.29 is 33.8 Å². The van der Waals surface area contributed by atoms with E-state index >= 15 is 0 Å². The maximum absolute atomic E-state index is 12.3. The van der Waals surface area contributed by atoms with Gasteiger partial charge in [0.1, 0.15) is 14.6 Å². The number of nitrogens with one attached hydrogen (secondary N) is 3. The lowest BCUT2D eigenvalue weighted by molar-refractivity contribution is 0.0596. The standard InChI is InChI=1S/C17H16N2O3S.C9H10N2.C8H8O4S/c1-10-8-14(23-15(10)17(21)22-2)16(20)19-9-11-4-3-5-13-12(11)6-7-18-13;10-6-7-2-1-3-9-8(7)4-5-11-9;1-4-3-5(7(9)10)13-6(4)8(11)12-2/h3-8,18H,9H2,1-2H3,(H,19,20);1-5,11H,6,10H2;3H,1-2H3,(H,9,10). The molecule has 6 N–H and O–H groups in total. The Kier molecular flexibility index (Phi) is 11.7. The molecule has 2 aromatic carbocycles. The van der Waals surface area contributed by atoms with Crippen LogP contribution in [0, 0.1) is 13.8 Å². The van der Waals surface area contributed by atoms with Gasteiger partial charge >= 0.3 is 17.9 Å². The zero-order chi connectivity index (χ0) is 34.1. The fraction of sp³-hybridized carbons (Fsp3) is 0.176. The number of H-pyrrole nitrogens is 2. The van der Waals surface area contributed by atoms with Crippen molar-refractivity contribution in [3.63, 3.8) is 0 Å². The van der Waals surface area contributed by atoms with E-state index < -0.39 is 17.9 Å². The first-order chi connectivity index (χ1) is 22.6. The zero-order valence-electron chi connectivity index (χ0n) is 26.1.